The molecule has 3 aromatic rings. The van der Waals surface area contributed by atoms with Crippen molar-refractivity contribution in [2.75, 3.05) is 6.26 Å². The second-order valence-corrected chi connectivity index (χ2v) is 7.99. The Morgan fingerprint density at radius 2 is 1.88 bits per heavy atom. The molecule has 0 radical (unpaired) electrons. The van der Waals surface area contributed by atoms with Crippen LogP contribution in [0.25, 0.3) is 10.9 Å². The molecule has 124 valence electrons. The lowest BCUT2D eigenvalue weighted by molar-refractivity contribution is 0.0951. The van der Waals surface area contributed by atoms with E-state index >= 15 is 0 Å². The Kier molecular flexibility index (Phi) is 4.40. The lowest BCUT2D eigenvalue weighted by Gasteiger charge is -2.07. The predicted molar refractivity (Wildman–Crippen MR) is 94.5 cm³/mol. The number of H-pyrrole nitrogens is 1. The molecule has 0 bridgehead atoms. The summed E-state index contributed by atoms with van der Waals surface area (Å²) in [4.78, 5) is 15.4. The second-order valence-electron chi connectivity index (χ2n) is 5.85. The van der Waals surface area contributed by atoms with Crippen molar-refractivity contribution in [1.29, 1.82) is 0 Å². The third kappa shape index (κ3) is 4.02. The lowest BCUT2D eigenvalue weighted by atomic mass is 10.1. The van der Waals surface area contributed by atoms with E-state index in [2.05, 4.69) is 10.3 Å². The van der Waals surface area contributed by atoms with Crippen LogP contribution < -0.4 is 5.32 Å². The van der Waals surface area contributed by atoms with Crippen molar-refractivity contribution in [1.82, 2.24) is 10.3 Å². The van der Waals surface area contributed by atoms with E-state index in [0.29, 0.717) is 12.1 Å². The third-order valence-electron chi connectivity index (χ3n) is 3.69. The molecule has 2 N–H and O–H groups in total. The summed E-state index contributed by atoms with van der Waals surface area (Å²) >= 11 is 0. The van der Waals surface area contributed by atoms with Gasteiger partial charge in [0.05, 0.1) is 5.75 Å². The monoisotopic (exact) mass is 342 g/mol. The fourth-order valence-electron chi connectivity index (χ4n) is 2.61. The largest absolute Gasteiger partial charge is 0.361 e. The quantitative estimate of drug-likeness (QED) is 0.748. The van der Waals surface area contributed by atoms with Crippen LogP contribution in [0.4, 0.5) is 0 Å². The first kappa shape index (κ1) is 16.3. The van der Waals surface area contributed by atoms with Crippen LogP contribution in [0, 0.1) is 0 Å². The molecule has 0 aliphatic rings. The Morgan fingerprint density at radius 3 is 2.67 bits per heavy atom. The van der Waals surface area contributed by atoms with E-state index < -0.39 is 9.84 Å². The summed E-state index contributed by atoms with van der Waals surface area (Å²) in [5, 5.41) is 3.92. The van der Waals surface area contributed by atoms with Gasteiger partial charge in [0.15, 0.2) is 9.84 Å². The first-order chi connectivity index (χ1) is 11.4. The van der Waals surface area contributed by atoms with Crippen LogP contribution in [0.2, 0.25) is 0 Å². The highest BCUT2D eigenvalue weighted by atomic mass is 32.2. The zero-order valence-electron chi connectivity index (χ0n) is 13.2. The number of hydrogen-bond donors (Lipinski definition) is 2. The van der Waals surface area contributed by atoms with Gasteiger partial charge in [-0.25, -0.2) is 8.42 Å². The minimum atomic E-state index is -3.07. The predicted octanol–water partition coefficient (Wildman–Crippen LogP) is 2.64. The summed E-state index contributed by atoms with van der Waals surface area (Å²) in [6.45, 7) is 0.346. The van der Waals surface area contributed by atoms with Gasteiger partial charge in [-0.3, -0.25) is 4.79 Å². The first-order valence-electron chi connectivity index (χ1n) is 7.52. The van der Waals surface area contributed by atoms with E-state index in [1.54, 1.807) is 24.3 Å². The molecule has 0 saturated heterocycles. The number of sulfone groups is 1. The first-order valence-corrected chi connectivity index (χ1v) is 9.58. The van der Waals surface area contributed by atoms with E-state index in [1.165, 1.54) is 6.26 Å². The van der Waals surface area contributed by atoms with Gasteiger partial charge in [0, 0.05) is 30.1 Å². The highest BCUT2D eigenvalue weighted by molar-refractivity contribution is 7.89. The number of rotatable bonds is 5. The van der Waals surface area contributed by atoms with Crippen LogP contribution in [0.5, 0.6) is 0 Å². The molecule has 5 nitrogen and oxygen atoms in total. The van der Waals surface area contributed by atoms with Crippen molar-refractivity contribution in [3.05, 3.63) is 71.4 Å². The molecule has 0 aliphatic carbocycles. The second kappa shape index (κ2) is 6.49. The van der Waals surface area contributed by atoms with E-state index in [1.807, 2.05) is 30.5 Å². The topological polar surface area (TPSA) is 79.0 Å². The van der Waals surface area contributed by atoms with Gasteiger partial charge in [-0.1, -0.05) is 30.3 Å². The zero-order chi connectivity index (χ0) is 17.2. The van der Waals surface area contributed by atoms with Crippen molar-refractivity contribution in [3.63, 3.8) is 0 Å². The molecular weight excluding hydrogens is 324 g/mol. The van der Waals surface area contributed by atoms with Gasteiger partial charge in [0.1, 0.15) is 0 Å². The average molecular weight is 342 g/mol. The van der Waals surface area contributed by atoms with E-state index in [9.17, 15) is 13.2 Å². The number of amides is 1. The van der Waals surface area contributed by atoms with Crippen LogP contribution in [0.15, 0.2) is 54.7 Å². The van der Waals surface area contributed by atoms with Crippen LogP contribution >= 0.6 is 0 Å². The average Bonchev–Trinajstić information content (AvgIpc) is 2.99. The van der Waals surface area contributed by atoms with Crippen LogP contribution in [-0.2, 0) is 22.1 Å². The third-order valence-corrected chi connectivity index (χ3v) is 4.55. The summed E-state index contributed by atoms with van der Waals surface area (Å²) < 4.78 is 22.8. The number of nitrogens with one attached hydrogen (secondary N) is 2. The summed E-state index contributed by atoms with van der Waals surface area (Å²) in [6, 6.07) is 14.7. The van der Waals surface area contributed by atoms with Crippen molar-refractivity contribution in [2.24, 2.45) is 0 Å². The van der Waals surface area contributed by atoms with Crippen LogP contribution in [0.1, 0.15) is 21.5 Å². The molecule has 1 aromatic heterocycles. The van der Waals surface area contributed by atoms with Gasteiger partial charge in [0.25, 0.3) is 5.91 Å². The fourth-order valence-corrected chi connectivity index (χ4v) is 3.39. The molecule has 0 aliphatic heterocycles. The number of aromatic amines is 1. The van der Waals surface area contributed by atoms with Gasteiger partial charge >= 0.3 is 0 Å². The molecule has 0 saturated carbocycles. The summed E-state index contributed by atoms with van der Waals surface area (Å²) in [6.07, 6.45) is 3.04. The molecule has 0 fully saturated rings. The van der Waals surface area contributed by atoms with Gasteiger partial charge in [-0.05, 0) is 34.7 Å². The molecule has 6 heteroatoms. The lowest BCUT2D eigenvalue weighted by Crippen LogP contribution is -2.22. The standard InChI is InChI=1S/C18H18N2O3S/c1-24(22,23)12-14-4-2-3-13(9-14)11-20-18(21)16-6-5-15-7-8-19-17(15)10-16/h2-10,19H,11-12H2,1H3,(H,20,21). The highest BCUT2D eigenvalue weighted by Crippen LogP contribution is 2.14. The molecule has 0 spiro atoms. The minimum Gasteiger partial charge on any atom is -0.361 e. The van der Waals surface area contributed by atoms with Crippen molar-refractivity contribution < 1.29 is 13.2 Å². The number of benzene rings is 2. The number of hydrogen-bond acceptors (Lipinski definition) is 3. The van der Waals surface area contributed by atoms with Gasteiger partial charge < -0.3 is 10.3 Å². The summed E-state index contributed by atoms with van der Waals surface area (Å²) in [5.74, 6) is -0.168. The Balaban J connectivity index is 1.68. The normalized spacial score (nSPS) is 11.5. The van der Waals surface area contributed by atoms with E-state index in [0.717, 1.165) is 22.0 Å². The summed E-state index contributed by atoms with van der Waals surface area (Å²) in [5.41, 5.74) is 3.08. The summed E-state index contributed by atoms with van der Waals surface area (Å²) in [7, 11) is -3.07. The Bertz CT molecular complexity index is 990. The smallest absolute Gasteiger partial charge is 0.251 e. The number of carbonyl (C=O) groups excluding carboxylic acids is 1. The minimum absolute atomic E-state index is 0.00171. The molecule has 24 heavy (non-hydrogen) atoms. The van der Waals surface area contributed by atoms with Gasteiger partial charge in [-0.15, -0.1) is 0 Å². The van der Waals surface area contributed by atoms with E-state index in [4.69, 9.17) is 0 Å². The van der Waals surface area contributed by atoms with Crippen molar-refractivity contribution in [3.8, 4) is 0 Å². The Labute approximate surface area is 140 Å². The fraction of sp³-hybridized carbons (Fsp3) is 0.167. The number of aromatic nitrogens is 1. The molecule has 1 amide bonds. The molecule has 0 atom stereocenters. The zero-order valence-corrected chi connectivity index (χ0v) is 14.1. The maximum atomic E-state index is 12.3. The maximum absolute atomic E-state index is 12.3. The maximum Gasteiger partial charge on any atom is 0.251 e. The highest BCUT2D eigenvalue weighted by Gasteiger charge is 2.08. The molecule has 3 rings (SSSR count). The molecule has 1 heterocycles. The van der Waals surface area contributed by atoms with Crippen molar-refractivity contribution >= 4 is 26.6 Å². The number of fused-ring (bicyclic) bond motifs is 1. The van der Waals surface area contributed by atoms with Crippen LogP contribution in [0.3, 0.4) is 0 Å². The van der Waals surface area contributed by atoms with E-state index in [-0.39, 0.29) is 11.7 Å². The number of carbonyl (C=O) groups is 1. The Hall–Kier alpha value is -2.60. The molecule has 0 unspecified atom stereocenters. The van der Waals surface area contributed by atoms with Gasteiger partial charge in [-0.2, -0.15) is 0 Å². The molecule has 2 aromatic carbocycles. The van der Waals surface area contributed by atoms with Gasteiger partial charge in [0.2, 0.25) is 0 Å². The SMILES string of the molecule is CS(=O)(=O)Cc1cccc(CNC(=O)c2ccc3cc[nH]c3c2)c1. The van der Waals surface area contributed by atoms with Crippen molar-refractivity contribution in [2.45, 2.75) is 12.3 Å². The van der Waals surface area contributed by atoms with Crippen LogP contribution in [-0.4, -0.2) is 25.6 Å². The molecular formula is C18H18N2O3S. The Morgan fingerprint density at radius 1 is 1.08 bits per heavy atom.